The second kappa shape index (κ2) is 6.86. The molecule has 1 N–H and O–H groups in total. The highest BCUT2D eigenvalue weighted by molar-refractivity contribution is 7.12. The Hall–Kier alpha value is -3.45. The minimum atomic E-state index is -0.409. The van der Waals surface area contributed by atoms with Gasteiger partial charge in [-0.15, -0.1) is 11.3 Å². The molecule has 0 saturated heterocycles. The van der Waals surface area contributed by atoms with Crippen molar-refractivity contribution >= 4 is 33.8 Å². The quantitative estimate of drug-likeness (QED) is 0.389. The van der Waals surface area contributed by atoms with Crippen molar-refractivity contribution in [3.63, 3.8) is 0 Å². The van der Waals surface area contributed by atoms with E-state index in [1.165, 1.54) is 29.0 Å². The van der Waals surface area contributed by atoms with Gasteiger partial charge in [-0.25, -0.2) is 0 Å². The highest BCUT2D eigenvalue weighted by Crippen LogP contribution is 2.39. The van der Waals surface area contributed by atoms with Crippen LogP contribution in [0.3, 0.4) is 0 Å². The fraction of sp³-hybridized carbons (Fsp3) is 0.136. The van der Waals surface area contributed by atoms with Gasteiger partial charge in [-0.2, -0.15) is 0 Å². The number of fused-ring (bicyclic) bond motifs is 3. The average molecular weight is 403 g/mol. The van der Waals surface area contributed by atoms with Crippen molar-refractivity contribution in [2.24, 2.45) is 0 Å². The predicted octanol–water partition coefficient (Wildman–Crippen LogP) is 4.93. The highest BCUT2D eigenvalue weighted by atomic mass is 32.1. The molecule has 0 saturated carbocycles. The maximum atomic E-state index is 13.3. The Kier molecular flexibility index (Phi) is 4.17. The summed E-state index contributed by atoms with van der Waals surface area (Å²) in [5, 5.41) is 14.1. The third kappa shape index (κ3) is 2.91. The topological polar surface area (TPSA) is 79.2 Å². The van der Waals surface area contributed by atoms with Gasteiger partial charge in [0, 0.05) is 35.3 Å². The van der Waals surface area contributed by atoms with Crippen molar-refractivity contribution in [2.45, 2.75) is 12.5 Å². The largest absolute Gasteiger partial charge is 0.356 e. The van der Waals surface area contributed by atoms with Crippen LogP contribution in [0, 0.1) is 10.1 Å². The Labute approximate surface area is 170 Å². The van der Waals surface area contributed by atoms with Crippen molar-refractivity contribution in [1.82, 2.24) is 9.88 Å². The van der Waals surface area contributed by atoms with E-state index in [1.807, 2.05) is 40.6 Å². The summed E-state index contributed by atoms with van der Waals surface area (Å²) in [5.41, 5.74) is 4.12. The molecule has 0 bridgehead atoms. The van der Waals surface area contributed by atoms with E-state index < -0.39 is 4.92 Å². The minimum Gasteiger partial charge on any atom is -0.356 e. The molecule has 29 heavy (non-hydrogen) atoms. The number of hydrogen-bond acceptors (Lipinski definition) is 4. The lowest BCUT2D eigenvalue weighted by molar-refractivity contribution is -0.384. The number of para-hydroxylation sites is 1. The van der Waals surface area contributed by atoms with Gasteiger partial charge in [0.05, 0.1) is 15.8 Å². The predicted molar refractivity (Wildman–Crippen MR) is 112 cm³/mol. The van der Waals surface area contributed by atoms with Crippen LogP contribution in [0.15, 0.2) is 66.0 Å². The molecule has 0 unspecified atom stereocenters. The molecular formula is C22H17N3O3S. The van der Waals surface area contributed by atoms with E-state index >= 15 is 0 Å². The molecule has 1 aliphatic heterocycles. The molecule has 7 heteroatoms. The number of thiophene rings is 1. The number of hydrogen-bond donors (Lipinski definition) is 1. The summed E-state index contributed by atoms with van der Waals surface area (Å²) < 4.78 is 0. The van der Waals surface area contributed by atoms with Gasteiger partial charge in [0.15, 0.2) is 0 Å². The number of carbonyl (C=O) groups excluding carboxylic acids is 1. The van der Waals surface area contributed by atoms with Crippen LogP contribution in [0.4, 0.5) is 5.69 Å². The van der Waals surface area contributed by atoms with E-state index in [0.717, 1.165) is 28.6 Å². The fourth-order valence-corrected chi connectivity index (χ4v) is 4.81. The lowest BCUT2D eigenvalue weighted by atomic mass is 9.92. The third-order valence-electron chi connectivity index (χ3n) is 5.45. The van der Waals surface area contributed by atoms with Crippen molar-refractivity contribution in [2.75, 3.05) is 6.54 Å². The van der Waals surface area contributed by atoms with Crippen molar-refractivity contribution in [3.8, 4) is 0 Å². The molecular weight excluding hydrogens is 386 g/mol. The molecule has 2 aromatic carbocycles. The Bertz CT molecular complexity index is 1210. The molecule has 3 heterocycles. The Morgan fingerprint density at radius 2 is 1.90 bits per heavy atom. The number of amides is 1. The van der Waals surface area contributed by atoms with Gasteiger partial charge in [-0.3, -0.25) is 14.9 Å². The van der Waals surface area contributed by atoms with Crippen molar-refractivity contribution in [1.29, 1.82) is 0 Å². The van der Waals surface area contributed by atoms with E-state index in [1.54, 1.807) is 12.1 Å². The lowest BCUT2D eigenvalue weighted by Gasteiger charge is -2.36. The number of nitro groups is 1. The Morgan fingerprint density at radius 1 is 1.10 bits per heavy atom. The first-order chi connectivity index (χ1) is 14.1. The van der Waals surface area contributed by atoms with E-state index in [0.29, 0.717) is 11.4 Å². The number of nitrogens with one attached hydrogen (secondary N) is 1. The lowest BCUT2D eigenvalue weighted by Crippen LogP contribution is -2.40. The van der Waals surface area contributed by atoms with Crippen LogP contribution < -0.4 is 0 Å². The number of non-ortho nitro benzene ring substituents is 1. The maximum Gasteiger partial charge on any atom is 0.269 e. The molecule has 0 spiro atoms. The van der Waals surface area contributed by atoms with Gasteiger partial charge in [0.25, 0.3) is 11.6 Å². The fourth-order valence-electron chi connectivity index (χ4n) is 4.13. The van der Waals surface area contributed by atoms with Crippen LogP contribution in [-0.2, 0) is 6.42 Å². The van der Waals surface area contributed by atoms with Crippen LogP contribution >= 0.6 is 11.3 Å². The van der Waals surface area contributed by atoms with E-state index in [9.17, 15) is 14.9 Å². The molecule has 1 amide bonds. The maximum absolute atomic E-state index is 13.3. The second-order valence-corrected chi connectivity index (χ2v) is 7.99. The Balaban J connectivity index is 1.66. The second-order valence-electron chi connectivity index (χ2n) is 7.04. The first-order valence-corrected chi connectivity index (χ1v) is 10.2. The number of nitro benzene ring substituents is 1. The average Bonchev–Trinajstić information content (AvgIpc) is 3.40. The number of rotatable bonds is 3. The smallest absolute Gasteiger partial charge is 0.269 e. The highest BCUT2D eigenvalue weighted by Gasteiger charge is 2.35. The summed E-state index contributed by atoms with van der Waals surface area (Å²) in [5.74, 6) is -0.0207. The number of nitrogens with zero attached hydrogens (tertiary/aromatic N) is 2. The zero-order valence-electron chi connectivity index (χ0n) is 15.4. The molecule has 1 atom stereocenters. The number of benzene rings is 2. The standard InChI is InChI=1S/C22H17N3O3S/c26-22(19-6-3-13-29-19)24-12-11-17-16-4-1-2-5-18(16)23-20(17)21(24)14-7-9-15(10-8-14)25(27)28/h1-10,13,21,23H,11-12H2/t21-/m1/s1. The third-order valence-corrected chi connectivity index (χ3v) is 6.30. The summed E-state index contributed by atoms with van der Waals surface area (Å²) >= 11 is 1.42. The van der Waals surface area contributed by atoms with E-state index in [4.69, 9.17) is 0 Å². The molecule has 2 aromatic heterocycles. The van der Waals surface area contributed by atoms with Crippen molar-refractivity contribution in [3.05, 3.63) is 97.9 Å². The molecule has 144 valence electrons. The summed E-state index contributed by atoms with van der Waals surface area (Å²) in [4.78, 5) is 30.0. The number of H-pyrrole nitrogens is 1. The zero-order valence-corrected chi connectivity index (χ0v) is 16.2. The molecule has 0 radical (unpaired) electrons. The zero-order chi connectivity index (χ0) is 20.0. The molecule has 4 aromatic rings. The van der Waals surface area contributed by atoms with Gasteiger partial charge < -0.3 is 9.88 Å². The van der Waals surface area contributed by atoms with Gasteiger partial charge in [0.1, 0.15) is 0 Å². The van der Waals surface area contributed by atoms with Crippen LogP contribution in [0.1, 0.15) is 32.5 Å². The number of carbonyl (C=O) groups is 1. The van der Waals surface area contributed by atoms with Crippen LogP contribution in [-0.4, -0.2) is 27.3 Å². The van der Waals surface area contributed by atoms with Crippen LogP contribution in [0.25, 0.3) is 10.9 Å². The normalized spacial score (nSPS) is 16.0. The summed E-state index contributed by atoms with van der Waals surface area (Å²) in [7, 11) is 0. The Morgan fingerprint density at radius 3 is 2.62 bits per heavy atom. The number of aromatic nitrogens is 1. The van der Waals surface area contributed by atoms with Gasteiger partial charge >= 0.3 is 0 Å². The first-order valence-electron chi connectivity index (χ1n) is 9.32. The summed E-state index contributed by atoms with van der Waals surface area (Å²) in [6.07, 6.45) is 0.764. The molecule has 0 fully saturated rings. The summed E-state index contributed by atoms with van der Waals surface area (Å²) in [6, 6.07) is 18.0. The van der Waals surface area contributed by atoms with E-state index in [2.05, 4.69) is 11.1 Å². The molecule has 0 aliphatic carbocycles. The molecule has 1 aliphatic rings. The SMILES string of the molecule is O=C(c1cccs1)N1CCc2c([nH]c3ccccc23)[C@H]1c1ccc([N+](=O)[O-])cc1. The molecule has 5 rings (SSSR count). The van der Waals surface area contributed by atoms with Crippen LogP contribution in [0.2, 0.25) is 0 Å². The molecule has 6 nitrogen and oxygen atoms in total. The van der Waals surface area contributed by atoms with Gasteiger partial charge in [-0.05, 0) is 47.2 Å². The van der Waals surface area contributed by atoms with Gasteiger partial charge in [-0.1, -0.05) is 24.3 Å². The number of aromatic amines is 1. The van der Waals surface area contributed by atoms with Gasteiger partial charge in [0.2, 0.25) is 0 Å². The monoisotopic (exact) mass is 403 g/mol. The summed E-state index contributed by atoms with van der Waals surface area (Å²) in [6.45, 7) is 0.591. The van der Waals surface area contributed by atoms with Crippen LogP contribution in [0.5, 0.6) is 0 Å². The first kappa shape index (κ1) is 17.6. The van der Waals surface area contributed by atoms with E-state index in [-0.39, 0.29) is 17.6 Å². The van der Waals surface area contributed by atoms with Crippen molar-refractivity contribution < 1.29 is 9.72 Å². The minimum absolute atomic E-state index is 0.0207.